The molecule has 1 amide bonds. The van der Waals surface area contributed by atoms with E-state index in [-0.39, 0.29) is 11.2 Å². The zero-order valence-electron chi connectivity index (χ0n) is 15.2. The molecule has 1 aromatic heterocycles. The van der Waals surface area contributed by atoms with E-state index in [1.807, 2.05) is 56.3 Å². The van der Waals surface area contributed by atoms with Crippen LogP contribution in [0.15, 0.2) is 52.9 Å². The summed E-state index contributed by atoms with van der Waals surface area (Å²) >= 11 is 2.80. The second-order valence-electron chi connectivity index (χ2n) is 5.85. The van der Waals surface area contributed by atoms with Gasteiger partial charge in [0.1, 0.15) is 5.75 Å². The molecule has 0 aliphatic carbocycles. The Labute approximate surface area is 166 Å². The van der Waals surface area contributed by atoms with Crippen LogP contribution in [-0.2, 0) is 4.79 Å². The second kappa shape index (κ2) is 8.88. The first-order valence-corrected chi connectivity index (χ1v) is 10.0. The van der Waals surface area contributed by atoms with E-state index < -0.39 is 0 Å². The van der Waals surface area contributed by atoms with E-state index >= 15 is 0 Å². The van der Waals surface area contributed by atoms with Crippen LogP contribution in [0.3, 0.4) is 0 Å². The molecule has 0 saturated carbocycles. The number of rotatable bonds is 7. The number of amides is 1. The predicted molar refractivity (Wildman–Crippen MR) is 111 cm³/mol. The summed E-state index contributed by atoms with van der Waals surface area (Å²) in [4.78, 5) is 12.4. The topological polar surface area (TPSA) is 76.1 Å². The van der Waals surface area contributed by atoms with Crippen LogP contribution in [0.4, 0.5) is 16.5 Å². The average Bonchev–Trinajstić information content (AvgIpc) is 3.08. The van der Waals surface area contributed by atoms with Gasteiger partial charge in [-0.25, -0.2) is 0 Å². The van der Waals surface area contributed by atoms with Crippen molar-refractivity contribution in [2.45, 2.75) is 23.4 Å². The largest absolute Gasteiger partial charge is 0.497 e. The summed E-state index contributed by atoms with van der Waals surface area (Å²) in [7, 11) is 1.59. The Morgan fingerprint density at radius 3 is 2.70 bits per heavy atom. The lowest BCUT2D eigenvalue weighted by molar-refractivity contribution is -0.115. The number of hydrogen-bond acceptors (Lipinski definition) is 7. The molecule has 0 fully saturated rings. The third-order valence-electron chi connectivity index (χ3n) is 3.66. The highest BCUT2D eigenvalue weighted by Gasteiger charge is 2.17. The maximum Gasteiger partial charge on any atom is 0.237 e. The molecular formula is C19H20N4O2S2. The lowest BCUT2D eigenvalue weighted by Crippen LogP contribution is -2.22. The molecule has 6 nitrogen and oxygen atoms in total. The zero-order valence-corrected chi connectivity index (χ0v) is 16.9. The van der Waals surface area contributed by atoms with Gasteiger partial charge in [-0.2, -0.15) is 0 Å². The Morgan fingerprint density at radius 1 is 1.15 bits per heavy atom. The zero-order chi connectivity index (χ0) is 19.2. The fraction of sp³-hybridized carbons (Fsp3) is 0.211. The van der Waals surface area contributed by atoms with E-state index in [1.165, 1.54) is 28.7 Å². The van der Waals surface area contributed by atoms with Crippen molar-refractivity contribution in [1.82, 2.24) is 10.2 Å². The number of aryl methyl sites for hydroxylation is 1. The van der Waals surface area contributed by atoms with Gasteiger partial charge in [-0.3, -0.25) is 4.79 Å². The molecule has 140 valence electrons. The Bertz CT molecular complexity index is 929. The molecule has 0 aliphatic rings. The summed E-state index contributed by atoms with van der Waals surface area (Å²) in [5.74, 6) is 0.598. The number of methoxy groups -OCH3 is 1. The summed E-state index contributed by atoms with van der Waals surface area (Å²) in [6.07, 6.45) is 0. The molecule has 0 bridgehead atoms. The molecule has 0 radical (unpaired) electrons. The van der Waals surface area contributed by atoms with Gasteiger partial charge < -0.3 is 15.4 Å². The van der Waals surface area contributed by atoms with Crippen LogP contribution in [0, 0.1) is 6.92 Å². The molecule has 2 aromatic carbocycles. The Kier molecular flexibility index (Phi) is 6.31. The van der Waals surface area contributed by atoms with Gasteiger partial charge in [0.2, 0.25) is 11.0 Å². The maximum absolute atomic E-state index is 12.4. The number of ether oxygens (including phenoxy) is 1. The summed E-state index contributed by atoms with van der Waals surface area (Å²) in [5.41, 5.74) is 2.83. The SMILES string of the molecule is COc1cccc(NC(=O)[C@@H](C)Sc2nnc(Nc3cccc(C)c3)s2)c1. The Hall–Kier alpha value is -2.58. The fourth-order valence-electron chi connectivity index (χ4n) is 2.30. The summed E-state index contributed by atoms with van der Waals surface area (Å²) < 4.78 is 5.91. The number of carbonyl (C=O) groups excluding carboxylic acids is 1. The molecule has 0 saturated heterocycles. The van der Waals surface area contributed by atoms with Crippen LogP contribution in [0.1, 0.15) is 12.5 Å². The summed E-state index contributed by atoms with van der Waals surface area (Å²) in [5, 5.41) is 14.8. The van der Waals surface area contributed by atoms with Crippen LogP contribution >= 0.6 is 23.1 Å². The first-order valence-electron chi connectivity index (χ1n) is 8.32. The molecular weight excluding hydrogens is 380 g/mol. The van der Waals surface area contributed by atoms with Gasteiger partial charge in [0.15, 0.2) is 4.34 Å². The third kappa shape index (κ3) is 5.45. The average molecular weight is 401 g/mol. The smallest absolute Gasteiger partial charge is 0.237 e. The van der Waals surface area contributed by atoms with Crippen molar-refractivity contribution in [2.75, 3.05) is 17.7 Å². The predicted octanol–water partition coefficient (Wildman–Crippen LogP) is 4.72. The van der Waals surface area contributed by atoms with Crippen LogP contribution < -0.4 is 15.4 Å². The van der Waals surface area contributed by atoms with E-state index in [9.17, 15) is 4.79 Å². The number of anilines is 3. The van der Waals surface area contributed by atoms with Crippen LogP contribution in [-0.4, -0.2) is 28.5 Å². The minimum atomic E-state index is -0.309. The number of carbonyl (C=O) groups is 1. The Morgan fingerprint density at radius 2 is 1.93 bits per heavy atom. The molecule has 3 rings (SSSR count). The number of thioether (sulfide) groups is 1. The molecule has 1 heterocycles. The van der Waals surface area contributed by atoms with Gasteiger partial charge in [-0.1, -0.05) is 41.3 Å². The van der Waals surface area contributed by atoms with E-state index in [2.05, 4.69) is 20.8 Å². The minimum Gasteiger partial charge on any atom is -0.497 e. The van der Waals surface area contributed by atoms with Crippen LogP contribution in [0.25, 0.3) is 0 Å². The minimum absolute atomic E-state index is 0.100. The van der Waals surface area contributed by atoms with Crippen molar-refractivity contribution in [3.8, 4) is 5.75 Å². The summed E-state index contributed by atoms with van der Waals surface area (Å²) in [6, 6.07) is 15.3. The van der Waals surface area contributed by atoms with Crippen molar-refractivity contribution in [3.05, 3.63) is 54.1 Å². The molecule has 1 atom stereocenters. The fourth-order valence-corrected chi connectivity index (χ4v) is 4.22. The number of benzene rings is 2. The van der Waals surface area contributed by atoms with Gasteiger partial charge in [-0.15, -0.1) is 10.2 Å². The number of aromatic nitrogens is 2. The van der Waals surface area contributed by atoms with Crippen molar-refractivity contribution >= 4 is 45.5 Å². The maximum atomic E-state index is 12.4. The first kappa shape index (κ1) is 19.2. The van der Waals surface area contributed by atoms with Gasteiger partial charge in [0.25, 0.3) is 0 Å². The standard InChI is InChI=1S/C19H20N4O2S2/c1-12-6-4-7-14(10-12)21-18-22-23-19(27-18)26-13(2)17(24)20-15-8-5-9-16(11-15)25-3/h4-11,13H,1-3H3,(H,20,24)(H,21,22)/t13-/m1/s1. The van der Waals surface area contributed by atoms with Crippen LogP contribution in [0.2, 0.25) is 0 Å². The van der Waals surface area contributed by atoms with Crippen molar-refractivity contribution in [1.29, 1.82) is 0 Å². The van der Waals surface area contributed by atoms with Crippen molar-refractivity contribution in [2.24, 2.45) is 0 Å². The number of nitrogens with one attached hydrogen (secondary N) is 2. The molecule has 3 aromatic rings. The quantitative estimate of drug-likeness (QED) is 0.559. The highest BCUT2D eigenvalue weighted by Crippen LogP contribution is 2.31. The van der Waals surface area contributed by atoms with Gasteiger partial charge >= 0.3 is 0 Å². The van der Waals surface area contributed by atoms with Gasteiger partial charge in [0.05, 0.1) is 12.4 Å². The third-order valence-corrected chi connectivity index (χ3v) is 5.68. The first-order chi connectivity index (χ1) is 13.0. The van der Waals surface area contributed by atoms with Gasteiger partial charge in [-0.05, 0) is 43.7 Å². The number of hydrogen-bond donors (Lipinski definition) is 2. The Balaban J connectivity index is 1.58. The molecule has 8 heteroatoms. The molecule has 27 heavy (non-hydrogen) atoms. The second-order valence-corrected chi connectivity index (χ2v) is 8.41. The van der Waals surface area contributed by atoms with E-state index in [0.29, 0.717) is 16.6 Å². The monoisotopic (exact) mass is 400 g/mol. The van der Waals surface area contributed by atoms with Crippen molar-refractivity contribution < 1.29 is 9.53 Å². The molecule has 0 spiro atoms. The summed E-state index contributed by atoms with van der Waals surface area (Å²) in [6.45, 7) is 3.88. The highest BCUT2D eigenvalue weighted by atomic mass is 32.2. The molecule has 0 aliphatic heterocycles. The van der Waals surface area contributed by atoms with Gasteiger partial charge in [0, 0.05) is 17.4 Å². The highest BCUT2D eigenvalue weighted by molar-refractivity contribution is 8.02. The van der Waals surface area contributed by atoms with E-state index in [4.69, 9.17) is 4.74 Å². The van der Waals surface area contributed by atoms with Crippen LogP contribution in [0.5, 0.6) is 5.75 Å². The molecule has 2 N–H and O–H groups in total. The van der Waals surface area contributed by atoms with E-state index in [1.54, 1.807) is 13.2 Å². The normalized spacial score (nSPS) is 11.7. The number of nitrogens with zero attached hydrogens (tertiary/aromatic N) is 2. The lowest BCUT2D eigenvalue weighted by Gasteiger charge is -2.11. The van der Waals surface area contributed by atoms with E-state index in [0.717, 1.165) is 10.0 Å². The lowest BCUT2D eigenvalue weighted by atomic mass is 10.2. The van der Waals surface area contributed by atoms with Crippen molar-refractivity contribution in [3.63, 3.8) is 0 Å². The molecule has 0 unspecified atom stereocenters.